The van der Waals surface area contributed by atoms with E-state index in [4.69, 9.17) is 0 Å². The molecule has 1 nitrogen and oxygen atoms in total. The van der Waals surface area contributed by atoms with Crippen molar-refractivity contribution in [2.45, 2.75) is 18.7 Å². The van der Waals surface area contributed by atoms with E-state index in [0.29, 0.717) is 0 Å². The summed E-state index contributed by atoms with van der Waals surface area (Å²) in [4.78, 5) is 0. The summed E-state index contributed by atoms with van der Waals surface area (Å²) in [7, 11) is 1.95. The van der Waals surface area contributed by atoms with Gasteiger partial charge in [-0.25, -0.2) is 0 Å². The zero-order valence-corrected chi connectivity index (χ0v) is 10.3. The maximum Gasteiger partial charge on any atom is 0.0414 e. The van der Waals surface area contributed by atoms with E-state index in [2.05, 4.69) is 58.5 Å². The molecule has 1 rings (SSSR count). The predicted molar refractivity (Wildman–Crippen MR) is 67.9 cm³/mol. The summed E-state index contributed by atoms with van der Waals surface area (Å²) in [5.74, 6) is 0. The first-order valence-corrected chi connectivity index (χ1v) is 5.97. The van der Waals surface area contributed by atoms with E-state index in [1.807, 2.05) is 7.05 Å². The summed E-state index contributed by atoms with van der Waals surface area (Å²) in [6, 6.07) is 6.46. The average molecular weight is 254 g/mol. The molecular weight excluding hydrogens is 238 g/mol. The highest BCUT2D eigenvalue weighted by atomic mass is 79.9. The van der Waals surface area contributed by atoms with Crippen molar-refractivity contribution in [3.05, 3.63) is 35.4 Å². The highest BCUT2D eigenvalue weighted by Gasteiger charge is 1.98. The fourth-order valence-electron chi connectivity index (χ4n) is 1.29. The molecular formula is C12H16BrN. The molecule has 0 aliphatic rings. The molecule has 0 amide bonds. The molecule has 76 valence electrons. The quantitative estimate of drug-likeness (QED) is 0.799. The summed E-state index contributed by atoms with van der Waals surface area (Å²) in [6.07, 6.45) is 5.40. The molecule has 0 saturated carbocycles. The van der Waals surface area contributed by atoms with Gasteiger partial charge in [0.15, 0.2) is 0 Å². The number of rotatable bonds is 4. The fourth-order valence-corrected chi connectivity index (χ4v) is 1.64. The Bertz CT molecular complexity index is 318. The van der Waals surface area contributed by atoms with Crippen LogP contribution in [0.5, 0.6) is 0 Å². The Hall–Kier alpha value is -0.760. The zero-order chi connectivity index (χ0) is 10.4. The van der Waals surface area contributed by atoms with Crippen LogP contribution in [-0.4, -0.2) is 7.05 Å². The lowest BCUT2D eigenvalue weighted by Gasteiger charge is -2.07. The van der Waals surface area contributed by atoms with Crippen molar-refractivity contribution in [3.8, 4) is 0 Å². The lowest BCUT2D eigenvalue weighted by Crippen LogP contribution is -1.92. The second-order valence-electron chi connectivity index (χ2n) is 3.12. The Balaban J connectivity index is 2.99. The molecule has 0 aromatic heterocycles. The lowest BCUT2D eigenvalue weighted by atomic mass is 10.1. The first kappa shape index (κ1) is 11.3. The zero-order valence-electron chi connectivity index (χ0n) is 8.68. The van der Waals surface area contributed by atoms with Crippen LogP contribution < -0.4 is 5.32 Å². The Morgan fingerprint density at radius 1 is 1.43 bits per heavy atom. The van der Waals surface area contributed by atoms with Crippen LogP contribution in [-0.2, 0) is 5.33 Å². The standard InChI is InChI=1S/C12H16BrN/c1-3-4-5-11-7-6-10(9-13)8-12(11)14-2/h4-8,14H,3,9H2,1-2H3/b5-4+. The van der Waals surface area contributed by atoms with Gasteiger partial charge in [-0.2, -0.15) is 0 Å². The number of hydrogen-bond donors (Lipinski definition) is 1. The number of anilines is 1. The summed E-state index contributed by atoms with van der Waals surface area (Å²) in [6.45, 7) is 2.14. The number of halogens is 1. The molecule has 2 heteroatoms. The third-order valence-electron chi connectivity index (χ3n) is 2.07. The summed E-state index contributed by atoms with van der Waals surface area (Å²) in [5.41, 5.74) is 3.73. The van der Waals surface area contributed by atoms with E-state index >= 15 is 0 Å². The average Bonchev–Trinajstić information content (AvgIpc) is 2.26. The number of nitrogens with one attached hydrogen (secondary N) is 1. The van der Waals surface area contributed by atoms with Crippen LogP contribution in [0.15, 0.2) is 24.3 Å². The molecule has 0 bridgehead atoms. The summed E-state index contributed by atoms with van der Waals surface area (Å²) >= 11 is 3.45. The highest BCUT2D eigenvalue weighted by molar-refractivity contribution is 9.08. The smallest absolute Gasteiger partial charge is 0.0414 e. The molecule has 0 unspecified atom stereocenters. The normalized spacial score (nSPS) is 10.8. The van der Waals surface area contributed by atoms with Gasteiger partial charge in [0.1, 0.15) is 0 Å². The van der Waals surface area contributed by atoms with Crippen molar-refractivity contribution < 1.29 is 0 Å². The highest BCUT2D eigenvalue weighted by Crippen LogP contribution is 2.20. The molecule has 0 saturated heterocycles. The van der Waals surface area contributed by atoms with Crippen LogP contribution in [0.4, 0.5) is 5.69 Å². The number of alkyl halides is 1. The van der Waals surface area contributed by atoms with E-state index in [0.717, 1.165) is 11.8 Å². The van der Waals surface area contributed by atoms with Gasteiger partial charge in [-0.15, -0.1) is 0 Å². The molecule has 0 spiro atoms. The third kappa shape index (κ3) is 2.88. The minimum atomic E-state index is 0.902. The molecule has 0 fully saturated rings. The second-order valence-corrected chi connectivity index (χ2v) is 3.68. The Morgan fingerprint density at radius 3 is 2.79 bits per heavy atom. The Morgan fingerprint density at radius 2 is 2.21 bits per heavy atom. The van der Waals surface area contributed by atoms with Gasteiger partial charge in [0.2, 0.25) is 0 Å². The maximum absolute atomic E-state index is 3.45. The van der Waals surface area contributed by atoms with Crippen LogP contribution in [0.1, 0.15) is 24.5 Å². The number of allylic oxidation sites excluding steroid dienone is 1. The molecule has 1 aromatic carbocycles. The van der Waals surface area contributed by atoms with E-state index in [9.17, 15) is 0 Å². The molecule has 1 N–H and O–H groups in total. The van der Waals surface area contributed by atoms with Crippen LogP contribution >= 0.6 is 15.9 Å². The van der Waals surface area contributed by atoms with Crippen LogP contribution in [0.25, 0.3) is 6.08 Å². The van der Waals surface area contributed by atoms with Crippen molar-refractivity contribution in [2.24, 2.45) is 0 Å². The minimum absolute atomic E-state index is 0.902. The Labute approximate surface area is 94.3 Å². The minimum Gasteiger partial charge on any atom is -0.388 e. The van der Waals surface area contributed by atoms with Gasteiger partial charge < -0.3 is 5.32 Å². The second kappa shape index (κ2) is 5.86. The van der Waals surface area contributed by atoms with Crippen molar-refractivity contribution in [2.75, 3.05) is 12.4 Å². The molecule has 1 aromatic rings. The SMILES string of the molecule is CC/C=C/c1ccc(CBr)cc1NC. The van der Waals surface area contributed by atoms with Crippen LogP contribution in [0.2, 0.25) is 0 Å². The van der Waals surface area contributed by atoms with E-state index in [1.165, 1.54) is 16.8 Å². The largest absolute Gasteiger partial charge is 0.388 e. The maximum atomic E-state index is 3.45. The first-order chi connectivity index (χ1) is 6.81. The van der Waals surface area contributed by atoms with Crippen LogP contribution in [0, 0.1) is 0 Å². The third-order valence-corrected chi connectivity index (χ3v) is 2.72. The molecule has 0 heterocycles. The monoisotopic (exact) mass is 253 g/mol. The predicted octanol–water partition coefficient (Wildman–Crippen LogP) is 4.05. The first-order valence-electron chi connectivity index (χ1n) is 4.85. The van der Waals surface area contributed by atoms with Crippen molar-refractivity contribution in [1.82, 2.24) is 0 Å². The molecule has 0 atom stereocenters. The molecule has 14 heavy (non-hydrogen) atoms. The van der Waals surface area contributed by atoms with Gasteiger partial charge in [-0.1, -0.05) is 47.1 Å². The molecule has 0 aliphatic heterocycles. The van der Waals surface area contributed by atoms with Crippen molar-refractivity contribution >= 4 is 27.7 Å². The molecule has 0 aliphatic carbocycles. The van der Waals surface area contributed by atoms with Gasteiger partial charge in [-0.3, -0.25) is 0 Å². The van der Waals surface area contributed by atoms with Gasteiger partial charge in [0, 0.05) is 18.1 Å². The van der Waals surface area contributed by atoms with Gasteiger partial charge in [-0.05, 0) is 23.6 Å². The van der Waals surface area contributed by atoms with Gasteiger partial charge >= 0.3 is 0 Å². The molecule has 0 radical (unpaired) electrons. The van der Waals surface area contributed by atoms with Gasteiger partial charge in [0.25, 0.3) is 0 Å². The van der Waals surface area contributed by atoms with E-state index in [1.54, 1.807) is 0 Å². The van der Waals surface area contributed by atoms with E-state index in [-0.39, 0.29) is 0 Å². The summed E-state index contributed by atoms with van der Waals surface area (Å²) in [5, 5.41) is 4.11. The van der Waals surface area contributed by atoms with Gasteiger partial charge in [0.05, 0.1) is 0 Å². The topological polar surface area (TPSA) is 12.0 Å². The Kier molecular flexibility index (Phi) is 4.74. The number of benzene rings is 1. The number of hydrogen-bond acceptors (Lipinski definition) is 1. The van der Waals surface area contributed by atoms with Crippen LogP contribution in [0.3, 0.4) is 0 Å². The van der Waals surface area contributed by atoms with Crippen molar-refractivity contribution in [3.63, 3.8) is 0 Å². The van der Waals surface area contributed by atoms with Crippen molar-refractivity contribution in [1.29, 1.82) is 0 Å². The summed E-state index contributed by atoms with van der Waals surface area (Å²) < 4.78 is 0. The fraction of sp³-hybridized carbons (Fsp3) is 0.333. The lowest BCUT2D eigenvalue weighted by molar-refractivity contribution is 1.23. The van der Waals surface area contributed by atoms with E-state index < -0.39 is 0 Å².